The Bertz CT molecular complexity index is 1180. The number of alkyl halides is 3. The molecule has 0 saturated carbocycles. The lowest BCUT2D eigenvalue weighted by atomic mass is 9.98. The van der Waals surface area contributed by atoms with Crippen LogP contribution in [0.1, 0.15) is 49.4 Å². The van der Waals surface area contributed by atoms with E-state index in [0.29, 0.717) is 24.6 Å². The van der Waals surface area contributed by atoms with E-state index in [4.69, 9.17) is 5.14 Å². The van der Waals surface area contributed by atoms with Gasteiger partial charge in [0.25, 0.3) is 10.2 Å². The van der Waals surface area contributed by atoms with Crippen LogP contribution in [0.25, 0.3) is 0 Å². The van der Waals surface area contributed by atoms with E-state index < -0.39 is 39.7 Å². The van der Waals surface area contributed by atoms with Gasteiger partial charge in [-0.25, -0.2) is 14.5 Å². The summed E-state index contributed by atoms with van der Waals surface area (Å²) in [4.78, 5) is 18.4. The molecule has 13 heteroatoms. The van der Waals surface area contributed by atoms with Crippen LogP contribution in [0.4, 0.5) is 29.1 Å². The molecule has 1 fully saturated rings. The topological polar surface area (TPSA) is 117 Å². The average molecular weight is 518 g/mol. The number of halogens is 4. The molecule has 1 saturated heterocycles. The van der Waals surface area contributed by atoms with Crippen molar-refractivity contribution in [3.05, 3.63) is 53.0 Å². The summed E-state index contributed by atoms with van der Waals surface area (Å²) < 4.78 is 78.1. The minimum Gasteiger partial charge on any atom is -0.356 e. The molecule has 1 amide bonds. The molecule has 35 heavy (non-hydrogen) atoms. The molecular formula is C22H27F4N5O3S. The van der Waals surface area contributed by atoms with Crippen molar-refractivity contribution >= 4 is 27.6 Å². The lowest BCUT2D eigenvalue weighted by molar-refractivity contribution is -0.141. The largest absolute Gasteiger partial charge is 0.433 e. The number of pyridine rings is 1. The number of amides is 1. The first-order chi connectivity index (χ1) is 16.2. The number of carbonyl (C=O) groups excluding carboxylic acids is 1. The number of benzene rings is 1. The fraction of sp³-hybridized carbons (Fsp3) is 0.455. The fourth-order valence-corrected chi connectivity index (χ4v) is 4.26. The minimum atomic E-state index is -4.59. The molecule has 8 nitrogen and oxygen atoms in total. The molecule has 4 N–H and O–H groups in total. The predicted molar refractivity (Wildman–Crippen MR) is 123 cm³/mol. The van der Waals surface area contributed by atoms with Crippen molar-refractivity contribution in [3.63, 3.8) is 0 Å². The van der Waals surface area contributed by atoms with Crippen LogP contribution in [0, 0.1) is 11.7 Å². The first kappa shape index (κ1) is 26.7. The number of hydrogen-bond acceptors (Lipinski definition) is 5. The number of carbonyl (C=O) groups is 1. The smallest absolute Gasteiger partial charge is 0.356 e. The summed E-state index contributed by atoms with van der Waals surface area (Å²) in [6.45, 7) is 4.66. The Balaban J connectivity index is 1.75. The third-order valence-corrected chi connectivity index (χ3v) is 6.43. The molecule has 2 heterocycles. The van der Waals surface area contributed by atoms with Gasteiger partial charge in [0.2, 0.25) is 5.91 Å². The SMILES string of the molecule is CC1CCN(c2nc(C(F)(F)F)ccc2CNC(=O)C(C)c2ccc(NS(N)(=O)=O)c(F)c2)CC1. The normalized spacial score (nSPS) is 16.1. The maximum Gasteiger partial charge on any atom is 0.433 e. The van der Waals surface area contributed by atoms with E-state index in [1.165, 1.54) is 19.1 Å². The van der Waals surface area contributed by atoms with Crippen molar-refractivity contribution in [3.8, 4) is 0 Å². The van der Waals surface area contributed by atoms with E-state index in [0.717, 1.165) is 31.0 Å². The first-order valence-corrected chi connectivity index (χ1v) is 12.5. The second-order valence-corrected chi connectivity index (χ2v) is 9.97. The van der Waals surface area contributed by atoms with Gasteiger partial charge in [-0.3, -0.25) is 9.52 Å². The molecule has 192 valence electrons. The van der Waals surface area contributed by atoms with Gasteiger partial charge in [-0.2, -0.15) is 21.6 Å². The Morgan fingerprint density at radius 1 is 1.23 bits per heavy atom. The maximum atomic E-state index is 14.3. The lowest BCUT2D eigenvalue weighted by Crippen LogP contribution is -2.35. The van der Waals surface area contributed by atoms with Gasteiger partial charge in [0.15, 0.2) is 0 Å². The first-order valence-electron chi connectivity index (χ1n) is 10.9. The van der Waals surface area contributed by atoms with Crippen LogP contribution < -0.4 is 20.1 Å². The molecular weight excluding hydrogens is 490 g/mol. The second kappa shape index (κ2) is 10.4. The highest BCUT2D eigenvalue weighted by Crippen LogP contribution is 2.32. The second-order valence-electron chi connectivity index (χ2n) is 8.67. The molecule has 1 aliphatic heterocycles. The summed E-state index contributed by atoms with van der Waals surface area (Å²) >= 11 is 0. The van der Waals surface area contributed by atoms with Gasteiger partial charge in [-0.15, -0.1) is 0 Å². The van der Waals surface area contributed by atoms with Gasteiger partial charge in [-0.1, -0.05) is 19.1 Å². The molecule has 1 aliphatic rings. The summed E-state index contributed by atoms with van der Waals surface area (Å²) in [6.07, 6.45) is -2.95. The van der Waals surface area contributed by atoms with E-state index >= 15 is 0 Å². The van der Waals surface area contributed by atoms with Gasteiger partial charge in [-0.05, 0) is 49.4 Å². The predicted octanol–water partition coefficient (Wildman–Crippen LogP) is 3.51. The van der Waals surface area contributed by atoms with E-state index in [1.54, 1.807) is 4.90 Å². The van der Waals surface area contributed by atoms with Gasteiger partial charge in [0, 0.05) is 25.2 Å². The molecule has 2 aromatic rings. The lowest BCUT2D eigenvalue weighted by Gasteiger charge is -2.33. The Labute approximate surface area is 201 Å². The summed E-state index contributed by atoms with van der Waals surface area (Å²) in [7, 11) is -4.17. The molecule has 3 rings (SSSR count). The van der Waals surface area contributed by atoms with Gasteiger partial charge < -0.3 is 10.2 Å². The Morgan fingerprint density at radius 2 is 1.89 bits per heavy atom. The van der Waals surface area contributed by atoms with Crippen molar-refractivity contribution in [2.45, 2.75) is 45.3 Å². The third-order valence-electron chi connectivity index (χ3n) is 5.92. The number of aromatic nitrogens is 1. The van der Waals surface area contributed by atoms with Crippen molar-refractivity contribution in [1.29, 1.82) is 0 Å². The molecule has 1 unspecified atom stereocenters. The molecule has 1 aromatic carbocycles. The summed E-state index contributed by atoms with van der Waals surface area (Å²) in [5.41, 5.74) is -0.652. The fourth-order valence-electron chi connectivity index (χ4n) is 3.79. The van der Waals surface area contributed by atoms with Crippen LogP contribution in [0.5, 0.6) is 0 Å². The van der Waals surface area contributed by atoms with Crippen LogP contribution in [-0.4, -0.2) is 32.4 Å². The third kappa shape index (κ3) is 7.04. The number of hydrogen-bond donors (Lipinski definition) is 3. The van der Waals surface area contributed by atoms with Crippen LogP contribution >= 0.6 is 0 Å². The number of nitrogens with one attached hydrogen (secondary N) is 2. The minimum absolute atomic E-state index is 0.0662. The molecule has 0 radical (unpaired) electrons. The van der Waals surface area contributed by atoms with E-state index in [1.807, 2.05) is 4.72 Å². The number of piperidine rings is 1. The van der Waals surface area contributed by atoms with Crippen LogP contribution in [0.3, 0.4) is 0 Å². The number of rotatable bonds is 7. The van der Waals surface area contributed by atoms with Crippen LogP contribution in [0.2, 0.25) is 0 Å². The van der Waals surface area contributed by atoms with Crippen LogP contribution in [-0.2, 0) is 27.7 Å². The Morgan fingerprint density at radius 3 is 2.46 bits per heavy atom. The van der Waals surface area contributed by atoms with E-state index in [2.05, 4.69) is 17.2 Å². The molecule has 1 atom stereocenters. The van der Waals surface area contributed by atoms with E-state index in [-0.39, 0.29) is 23.6 Å². The number of anilines is 2. The van der Waals surface area contributed by atoms with Crippen LogP contribution in [0.15, 0.2) is 30.3 Å². The van der Waals surface area contributed by atoms with E-state index in [9.17, 15) is 30.8 Å². The molecule has 0 spiro atoms. The van der Waals surface area contributed by atoms with Crippen molar-refractivity contribution in [2.24, 2.45) is 11.1 Å². The monoisotopic (exact) mass is 517 g/mol. The van der Waals surface area contributed by atoms with Crippen molar-refractivity contribution in [2.75, 3.05) is 22.7 Å². The summed E-state index contributed by atoms with van der Waals surface area (Å²) in [6, 6.07) is 5.72. The van der Waals surface area contributed by atoms with Gasteiger partial charge in [0.05, 0.1) is 11.6 Å². The van der Waals surface area contributed by atoms with Crippen molar-refractivity contribution in [1.82, 2.24) is 10.3 Å². The zero-order chi connectivity index (χ0) is 26.0. The summed E-state index contributed by atoms with van der Waals surface area (Å²) in [5.74, 6) is -1.58. The van der Waals surface area contributed by atoms with Gasteiger partial charge in [0.1, 0.15) is 17.3 Å². The Hall–Kier alpha value is -2.93. The molecule has 0 bridgehead atoms. The standard InChI is InChI=1S/C22H27F4N5O3S/c1-13-7-9-31(10-8-13)20-16(4-6-19(29-20)22(24,25)26)12-28-21(32)14(2)15-3-5-18(17(23)11-15)30-35(27,33)34/h3-6,11,13-14,30H,7-10,12H2,1-2H3,(H,28,32)(H2,27,33,34). The zero-order valence-corrected chi connectivity index (χ0v) is 20.0. The Kier molecular flexibility index (Phi) is 7.90. The zero-order valence-electron chi connectivity index (χ0n) is 19.2. The van der Waals surface area contributed by atoms with Crippen molar-refractivity contribution < 1.29 is 30.8 Å². The summed E-state index contributed by atoms with van der Waals surface area (Å²) in [5, 5.41) is 7.52. The highest BCUT2D eigenvalue weighted by molar-refractivity contribution is 7.90. The number of nitrogens with zero attached hydrogens (tertiary/aromatic N) is 2. The quantitative estimate of drug-likeness (QED) is 0.486. The highest BCUT2D eigenvalue weighted by Gasteiger charge is 2.34. The molecule has 1 aromatic heterocycles. The highest BCUT2D eigenvalue weighted by atomic mass is 32.2. The average Bonchev–Trinajstić information content (AvgIpc) is 2.77. The number of nitrogens with two attached hydrogens (primary N) is 1. The molecule has 0 aliphatic carbocycles. The maximum absolute atomic E-state index is 14.3. The van der Waals surface area contributed by atoms with Gasteiger partial charge >= 0.3 is 6.18 Å².